The highest BCUT2D eigenvalue weighted by atomic mass is 19.1. The van der Waals surface area contributed by atoms with E-state index < -0.39 is 0 Å². The van der Waals surface area contributed by atoms with Crippen LogP contribution >= 0.6 is 0 Å². The predicted molar refractivity (Wildman–Crippen MR) is 139 cm³/mol. The lowest BCUT2D eigenvalue weighted by Crippen LogP contribution is -2.44. The van der Waals surface area contributed by atoms with Crippen LogP contribution in [0.25, 0.3) is 10.9 Å². The Morgan fingerprint density at radius 3 is 2.33 bits per heavy atom. The number of aromatic amines is 1. The van der Waals surface area contributed by atoms with Gasteiger partial charge in [0.1, 0.15) is 12.4 Å². The SMILES string of the molecule is O=C(CN(C(=O)Cc1ccccc1)C1CC1)N(CCc1c[nH]c2ccccc12)Cc1ccc(F)cc1. The standard InChI is InChI=1S/C30H30FN3O2/c31-25-12-10-23(11-13-25)20-33(17-16-24-19-32-28-9-5-4-8-27(24)28)30(36)21-34(26-14-15-26)29(35)18-22-6-2-1-3-7-22/h1-13,19,26,32H,14-18,20-21H2. The molecule has 1 saturated carbocycles. The maximum atomic E-state index is 13.6. The molecule has 1 fully saturated rings. The minimum Gasteiger partial charge on any atom is -0.361 e. The number of halogens is 1. The molecule has 4 aromatic rings. The molecule has 2 amide bonds. The zero-order chi connectivity index (χ0) is 24.9. The third-order valence-corrected chi connectivity index (χ3v) is 6.78. The number of nitrogens with one attached hydrogen (secondary N) is 1. The summed E-state index contributed by atoms with van der Waals surface area (Å²) in [5, 5.41) is 1.14. The van der Waals surface area contributed by atoms with Crippen molar-refractivity contribution in [2.75, 3.05) is 13.1 Å². The van der Waals surface area contributed by atoms with E-state index in [9.17, 15) is 14.0 Å². The maximum absolute atomic E-state index is 13.6. The number of H-pyrrole nitrogens is 1. The Bertz CT molecular complexity index is 1330. The molecular formula is C30H30FN3O2. The molecule has 1 aliphatic carbocycles. The first kappa shape index (κ1) is 23.8. The third kappa shape index (κ3) is 5.82. The Labute approximate surface area is 210 Å². The van der Waals surface area contributed by atoms with E-state index in [0.717, 1.165) is 40.4 Å². The number of carbonyl (C=O) groups is 2. The molecule has 3 aromatic carbocycles. The first-order valence-electron chi connectivity index (χ1n) is 12.5. The van der Waals surface area contributed by atoms with Crippen LogP contribution in [0.2, 0.25) is 0 Å². The molecule has 5 rings (SSSR count). The van der Waals surface area contributed by atoms with Gasteiger partial charge in [0.25, 0.3) is 0 Å². The molecule has 1 aromatic heterocycles. The number of hydrogen-bond acceptors (Lipinski definition) is 2. The molecule has 1 heterocycles. The summed E-state index contributed by atoms with van der Waals surface area (Å²) >= 11 is 0. The number of aromatic nitrogens is 1. The van der Waals surface area contributed by atoms with Gasteiger partial charge in [-0.1, -0.05) is 60.7 Å². The van der Waals surface area contributed by atoms with Crippen molar-refractivity contribution < 1.29 is 14.0 Å². The second-order valence-electron chi connectivity index (χ2n) is 9.47. The number of benzene rings is 3. The Hall–Kier alpha value is -3.93. The molecule has 5 nitrogen and oxygen atoms in total. The highest BCUT2D eigenvalue weighted by Gasteiger charge is 2.34. The topological polar surface area (TPSA) is 56.4 Å². The van der Waals surface area contributed by atoms with Crippen molar-refractivity contribution in [3.05, 3.63) is 108 Å². The molecule has 36 heavy (non-hydrogen) atoms. The predicted octanol–water partition coefficient (Wildman–Crippen LogP) is 5.11. The van der Waals surface area contributed by atoms with E-state index in [0.29, 0.717) is 19.5 Å². The van der Waals surface area contributed by atoms with E-state index in [2.05, 4.69) is 11.1 Å². The molecule has 0 atom stereocenters. The summed E-state index contributed by atoms with van der Waals surface area (Å²) in [7, 11) is 0. The van der Waals surface area contributed by atoms with Crippen molar-refractivity contribution in [2.45, 2.75) is 38.3 Å². The van der Waals surface area contributed by atoms with E-state index in [1.807, 2.05) is 54.7 Å². The van der Waals surface area contributed by atoms with Gasteiger partial charge in [-0.15, -0.1) is 0 Å². The fraction of sp³-hybridized carbons (Fsp3) is 0.267. The molecule has 0 radical (unpaired) electrons. The molecule has 0 spiro atoms. The van der Waals surface area contributed by atoms with Gasteiger partial charge in [0.2, 0.25) is 11.8 Å². The molecule has 0 unspecified atom stereocenters. The van der Waals surface area contributed by atoms with Crippen LogP contribution in [0.3, 0.4) is 0 Å². The minimum absolute atomic E-state index is 0.0181. The highest BCUT2D eigenvalue weighted by Crippen LogP contribution is 2.28. The molecule has 0 aliphatic heterocycles. The fourth-order valence-electron chi connectivity index (χ4n) is 4.62. The van der Waals surface area contributed by atoms with Crippen LogP contribution in [0.15, 0.2) is 85.1 Å². The van der Waals surface area contributed by atoms with E-state index in [1.54, 1.807) is 21.9 Å². The number of carbonyl (C=O) groups excluding carboxylic acids is 2. The van der Waals surface area contributed by atoms with Crippen LogP contribution in [0.4, 0.5) is 4.39 Å². The molecule has 0 bridgehead atoms. The summed E-state index contributed by atoms with van der Waals surface area (Å²) in [6.07, 6.45) is 4.82. The van der Waals surface area contributed by atoms with Crippen LogP contribution in [0, 0.1) is 5.82 Å². The average Bonchev–Trinajstić information content (AvgIpc) is 3.66. The monoisotopic (exact) mass is 483 g/mol. The fourth-order valence-corrected chi connectivity index (χ4v) is 4.62. The summed E-state index contributed by atoms with van der Waals surface area (Å²) in [4.78, 5) is 33.6. The first-order chi connectivity index (χ1) is 17.6. The van der Waals surface area contributed by atoms with Gasteiger partial charge < -0.3 is 14.8 Å². The second kappa shape index (κ2) is 10.8. The Morgan fingerprint density at radius 1 is 0.861 bits per heavy atom. The van der Waals surface area contributed by atoms with Crippen LogP contribution < -0.4 is 0 Å². The third-order valence-electron chi connectivity index (χ3n) is 6.78. The molecule has 184 valence electrons. The lowest BCUT2D eigenvalue weighted by atomic mass is 10.1. The number of rotatable bonds is 10. The zero-order valence-electron chi connectivity index (χ0n) is 20.2. The quantitative estimate of drug-likeness (QED) is 0.341. The van der Waals surface area contributed by atoms with Gasteiger partial charge in [-0.25, -0.2) is 4.39 Å². The van der Waals surface area contributed by atoms with Crippen molar-refractivity contribution in [1.82, 2.24) is 14.8 Å². The summed E-state index contributed by atoms with van der Waals surface area (Å²) in [5.74, 6) is -0.412. The van der Waals surface area contributed by atoms with Crippen molar-refractivity contribution in [3.8, 4) is 0 Å². The first-order valence-corrected chi connectivity index (χ1v) is 12.5. The van der Waals surface area contributed by atoms with Crippen molar-refractivity contribution in [3.63, 3.8) is 0 Å². The Kier molecular flexibility index (Phi) is 7.12. The van der Waals surface area contributed by atoms with E-state index in [1.165, 1.54) is 12.1 Å². The normalized spacial score (nSPS) is 13.0. The Morgan fingerprint density at radius 2 is 1.58 bits per heavy atom. The highest BCUT2D eigenvalue weighted by molar-refractivity contribution is 5.87. The molecular weight excluding hydrogens is 453 g/mol. The number of nitrogens with zero attached hydrogens (tertiary/aromatic N) is 2. The van der Waals surface area contributed by atoms with Crippen LogP contribution in [-0.2, 0) is 29.0 Å². The van der Waals surface area contributed by atoms with Crippen molar-refractivity contribution >= 4 is 22.7 Å². The van der Waals surface area contributed by atoms with Gasteiger partial charge in [0.15, 0.2) is 0 Å². The number of amides is 2. The molecule has 1 aliphatic rings. The summed E-state index contributed by atoms with van der Waals surface area (Å²) in [6.45, 7) is 0.932. The number of fused-ring (bicyclic) bond motifs is 1. The summed E-state index contributed by atoms with van der Waals surface area (Å²) in [6, 6.07) is 24.1. The molecule has 6 heteroatoms. The largest absolute Gasteiger partial charge is 0.361 e. The van der Waals surface area contributed by atoms with E-state index in [-0.39, 0.29) is 36.6 Å². The van der Waals surface area contributed by atoms with Crippen LogP contribution in [0.5, 0.6) is 0 Å². The van der Waals surface area contributed by atoms with Crippen molar-refractivity contribution in [2.24, 2.45) is 0 Å². The van der Waals surface area contributed by atoms with Crippen LogP contribution in [0.1, 0.15) is 29.5 Å². The van der Waals surface area contributed by atoms with Gasteiger partial charge in [-0.2, -0.15) is 0 Å². The van der Waals surface area contributed by atoms with Gasteiger partial charge in [0, 0.05) is 36.2 Å². The van der Waals surface area contributed by atoms with E-state index >= 15 is 0 Å². The van der Waals surface area contributed by atoms with Crippen LogP contribution in [-0.4, -0.2) is 45.7 Å². The van der Waals surface area contributed by atoms with Gasteiger partial charge in [-0.05, 0) is 54.2 Å². The zero-order valence-corrected chi connectivity index (χ0v) is 20.2. The molecule has 1 N–H and O–H groups in total. The molecule has 0 saturated heterocycles. The lowest BCUT2D eigenvalue weighted by molar-refractivity contribution is -0.141. The second-order valence-corrected chi connectivity index (χ2v) is 9.47. The van der Waals surface area contributed by atoms with Gasteiger partial charge >= 0.3 is 0 Å². The lowest BCUT2D eigenvalue weighted by Gasteiger charge is -2.28. The van der Waals surface area contributed by atoms with Gasteiger partial charge in [-0.3, -0.25) is 9.59 Å². The van der Waals surface area contributed by atoms with Gasteiger partial charge in [0.05, 0.1) is 6.42 Å². The Balaban J connectivity index is 1.31. The van der Waals surface area contributed by atoms with E-state index in [4.69, 9.17) is 0 Å². The van der Waals surface area contributed by atoms with Crippen molar-refractivity contribution in [1.29, 1.82) is 0 Å². The maximum Gasteiger partial charge on any atom is 0.242 e. The summed E-state index contributed by atoms with van der Waals surface area (Å²) < 4.78 is 13.5. The summed E-state index contributed by atoms with van der Waals surface area (Å²) in [5.41, 5.74) is 4.01. The average molecular weight is 484 g/mol. The smallest absolute Gasteiger partial charge is 0.242 e. The minimum atomic E-state index is -0.304. The number of hydrogen-bond donors (Lipinski definition) is 1. The number of para-hydroxylation sites is 1.